The van der Waals surface area contributed by atoms with Crippen LogP contribution >= 0.6 is 0 Å². The summed E-state index contributed by atoms with van der Waals surface area (Å²) in [6.45, 7) is 5.05. The van der Waals surface area contributed by atoms with Gasteiger partial charge in [0.2, 0.25) is 0 Å². The van der Waals surface area contributed by atoms with E-state index < -0.39 is 0 Å². The zero-order chi connectivity index (χ0) is 6.74. The van der Waals surface area contributed by atoms with Gasteiger partial charge in [0, 0.05) is 19.6 Å². The summed E-state index contributed by atoms with van der Waals surface area (Å²) in [5, 5.41) is 15.3. The molecule has 0 aliphatic carbocycles. The lowest BCUT2D eigenvalue weighted by Gasteiger charge is -2.33. The molecule has 0 saturated carbocycles. The van der Waals surface area contributed by atoms with Crippen LogP contribution in [0.5, 0.6) is 0 Å². The molecular formula is C6H14N2O. The Hall–Kier alpha value is -0.120. The smallest absolute Gasteiger partial charge is 0.0623 e. The molecule has 1 aliphatic rings. The first-order valence-electron chi connectivity index (χ1n) is 3.33. The van der Waals surface area contributed by atoms with Gasteiger partial charge in [-0.1, -0.05) is 0 Å². The van der Waals surface area contributed by atoms with Gasteiger partial charge < -0.3 is 15.7 Å². The largest absolute Gasteiger partial charge is 0.394 e. The van der Waals surface area contributed by atoms with Gasteiger partial charge in [-0.15, -0.1) is 0 Å². The number of aliphatic hydroxyl groups excluding tert-OH is 1. The normalized spacial score (nSPS) is 36.7. The highest BCUT2D eigenvalue weighted by atomic mass is 16.3. The molecule has 0 radical (unpaired) electrons. The molecule has 1 aliphatic heterocycles. The summed E-state index contributed by atoms with van der Waals surface area (Å²) in [5.74, 6) is 0. The fourth-order valence-corrected chi connectivity index (χ4v) is 0.991. The molecule has 3 nitrogen and oxygen atoms in total. The predicted octanol–water partition coefficient (Wildman–Crippen LogP) is -1.07. The molecule has 1 unspecified atom stereocenters. The lowest BCUT2D eigenvalue weighted by Crippen LogP contribution is -2.59. The molecule has 1 heterocycles. The van der Waals surface area contributed by atoms with Crippen molar-refractivity contribution in [2.45, 2.75) is 12.5 Å². The fraction of sp³-hybridized carbons (Fsp3) is 1.00. The summed E-state index contributed by atoms with van der Waals surface area (Å²) in [4.78, 5) is 0. The van der Waals surface area contributed by atoms with E-state index >= 15 is 0 Å². The first kappa shape index (κ1) is 6.99. The lowest BCUT2D eigenvalue weighted by atomic mass is 10.0. The number of aliphatic hydroxyl groups is 1. The summed E-state index contributed by atoms with van der Waals surface area (Å²) in [7, 11) is 0. The van der Waals surface area contributed by atoms with Gasteiger partial charge in [-0.05, 0) is 6.92 Å². The Kier molecular flexibility index (Phi) is 2.05. The van der Waals surface area contributed by atoms with Crippen LogP contribution in [0.3, 0.4) is 0 Å². The second-order valence-corrected chi connectivity index (χ2v) is 2.82. The molecule has 3 N–H and O–H groups in total. The van der Waals surface area contributed by atoms with E-state index in [1.165, 1.54) is 0 Å². The Bertz CT molecular complexity index is 89.1. The Morgan fingerprint density at radius 3 is 2.67 bits per heavy atom. The molecule has 1 fully saturated rings. The van der Waals surface area contributed by atoms with Crippen molar-refractivity contribution >= 4 is 0 Å². The van der Waals surface area contributed by atoms with Crippen molar-refractivity contribution in [1.82, 2.24) is 10.6 Å². The lowest BCUT2D eigenvalue weighted by molar-refractivity contribution is 0.157. The summed E-state index contributed by atoms with van der Waals surface area (Å²) >= 11 is 0. The van der Waals surface area contributed by atoms with Crippen LogP contribution in [0.1, 0.15) is 6.92 Å². The highest BCUT2D eigenvalue weighted by Crippen LogP contribution is 2.01. The predicted molar refractivity (Wildman–Crippen MR) is 36.4 cm³/mol. The second-order valence-electron chi connectivity index (χ2n) is 2.82. The van der Waals surface area contributed by atoms with Gasteiger partial charge in [-0.3, -0.25) is 0 Å². The average Bonchev–Trinajstić information content (AvgIpc) is 1.90. The molecule has 0 amide bonds. The standard InChI is InChI=1S/C6H14N2O/c1-6(5-9)4-7-2-3-8-6/h7-9H,2-5H2,1H3. The van der Waals surface area contributed by atoms with E-state index in [1.807, 2.05) is 6.92 Å². The fourth-order valence-electron chi connectivity index (χ4n) is 0.991. The van der Waals surface area contributed by atoms with E-state index in [0.29, 0.717) is 0 Å². The van der Waals surface area contributed by atoms with Crippen molar-refractivity contribution < 1.29 is 5.11 Å². The summed E-state index contributed by atoms with van der Waals surface area (Å²) in [6, 6.07) is 0. The molecule has 1 saturated heterocycles. The van der Waals surface area contributed by atoms with E-state index in [2.05, 4.69) is 10.6 Å². The van der Waals surface area contributed by atoms with Gasteiger partial charge in [-0.25, -0.2) is 0 Å². The third kappa shape index (κ3) is 1.64. The average molecular weight is 130 g/mol. The van der Waals surface area contributed by atoms with Crippen molar-refractivity contribution in [3.05, 3.63) is 0 Å². The quantitative estimate of drug-likeness (QED) is 0.423. The molecule has 0 aromatic carbocycles. The molecule has 54 valence electrons. The highest BCUT2D eigenvalue weighted by molar-refractivity contribution is 4.88. The van der Waals surface area contributed by atoms with Crippen LogP contribution in [0.2, 0.25) is 0 Å². The van der Waals surface area contributed by atoms with Crippen LogP contribution in [0.15, 0.2) is 0 Å². The zero-order valence-corrected chi connectivity index (χ0v) is 5.78. The summed E-state index contributed by atoms with van der Waals surface area (Å²) in [6.07, 6.45) is 0. The zero-order valence-electron chi connectivity index (χ0n) is 5.78. The van der Waals surface area contributed by atoms with Gasteiger partial charge >= 0.3 is 0 Å². The third-order valence-electron chi connectivity index (χ3n) is 1.72. The van der Waals surface area contributed by atoms with E-state index in [9.17, 15) is 0 Å². The Balaban J connectivity index is 2.37. The van der Waals surface area contributed by atoms with Crippen LogP contribution in [0.25, 0.3) is 0 Å². The molecule has 1 atom stereocenters. The maximum atomic E-state index is 8.85. The van der Waals surface area contributed by atoms with Gasteiger partial charge in [0.1, 0.15) is 0 Å². The van der Waals surface area contributed by atoms with E-state index in [-0.39, 0.29) is 12.1 Å². The molecule has 9 heavy (non-hydrogen) atoms. The van der Waals surface area contributed by atoms with Crippen LogP contribution in [-0.2, 0) is 0 Å². The van der Waals surface area contributed by atoms with Crippen molar-refractivity contribution in [3.8, 4) is 0 Å². The number of piperazine rings is 1. The first-order chi connectivity index (χ1) is 4.27. The number of nitrogens with one attached hydrogen (secondary N) is 2. The number of rotatable bonds is 1. The van der Waals surface area contributed by atoms with Crippen molar-refractivity contribution in [1.29, 1.82) is 0 Å². The van der Waals surface area contributed by atoms with E-state index in [0.717, 1.165) is 19.6 Å². The molecule has 0 spiro atoms. The molecular weight excluding hydrogens is 116 g/mol. The van der Waals surface area contributed by atoms with Gasteiger partial charge in [0.25, 0.3) is 0 Å². The Morgan fingerprint density at radius 1 is 1.56 bits per heavy atom. The topological polar surface area (TPSA) is 44.3 Å². The van der Waals surface area contributed by atoms with Crippen molar-refractivity contribution in [2.75, 3.05) is 26.2 Å². The van der Waals surface area contributed by atoms with E-state index in [1.54, 1.807) is 0 Å². The number of hydrogen-bond donors (Lipinski definition) is 3. The highest BCUT2D eigenvalue weighted by Gasteiger charge is 2.24. The van der Waals surface area contributed by atoms with Crippen LogP contribution < -0.4 is 10.6 Å². The summed E-state index contributed by atoms with van der Waals surface area (Å²) < 4.78 is 0. The van der Waals surface area contributed by atoms with E-state index in [4.69, 9.17) is 5.11 Å². The maximum Gasteiger partial charge on any atom is 0.0623 e. The van der Waals surface area contributed by atoms with Crippen LogP contribution in [0, 0.1) is 0 Å². The molecule has 1 rings (SSSR count). The third-order valence-corrected chi connectivity index (χ3v) is 1.72. The summed E-state index contributed by atoms with van der Waals surface area (Å²) in [5.41, 5.74) is -0.0851. The monoisotopic (exact) mass is 130 g/mol. The minimum atomic E-state index is -0.0851. The molecule has 0 bridgehead atoms. The van der Waals surface area contributed by atoms with Gasteiger partial charge in [-0.2, -0.15) is 0 Å². The molecule has 3 heteroatoms. The van der Waals surface area contributed by atoms with Gasteiger partial charge in [0.05, 0.1) is 12.1 Å². The second kappa shape index (κ2) is 2.64. The van der Waals surface area contributed by atoms with Gasteiger partial charge in [0.15, 0.2) is 0 Å². The molecule has 0 aromatic heterocycles. The Labute approximate surface area is 55.5 Å². The van der Waals surface area contributed by atoms with Crippen LogP contribution in [0.4, 0.5) is 0 Å². The SMILES string of the molecule is CC1(CO)CNCCN1. The minimum absolute atomic E-state index is 0.0851. The van der Waals surface area contributed by atoms with Crippen molar-refractivity contribution in [3.63, 3.8) is 0 Å². The first-order valence-corrected chi connectivity index (χ1v) is 3.33. The van der Waals surface area contributed by atoms with Crippen molar-refractivity contribution in [2.24, 2.45) is 0 Å². The Morgan fingerprint density at radius 2 is 2.33 bits per heavy atom. The minimum Gasteiger partial charge on any atom is -0.394 e. The number of hydrogen-bond acceptors (Lipinski definition) is 3. The van der Waals surface area contributed by atoms with Crippen LogP contribution in [-0.4, -0.2) is 36.9 Å². The molecule has 0 aromatic rings. The maximum absolute atomic E-state index is 8.85.